The van der Waals surface area contributed by atoms with Crippen LogP contribution in [-0.2, 0) is 0 Å². The lowest BCUT2D eigenvalue weighted by molar-refractivity contribution is 0.655. The van der Waals surface area contributed by atoms with E-state index in [-0.39, 0.29) is 0 Å². The van der Waals surface area contributed by atoms with Crippen molar-refractivity contribution in [3.8, 4) is 0 Å². The van der Waals surface area contributed by atoms with Crippen molar-refractivity contribution >= 4 is 12.2 Å². The third-order valence-electron chi connectivity index (χ3n) is 4.35. The molecule has 0 amide bonds. The topological polar surface area (TPSA) is 0 Å². The summed E-state index contributed by atoms with van der Waals surface area (Å²) in [5.41, 5.74) is 7.30. The van der Waals surface area contributed by atoms with Crippen molar-refractivity contribution in [3.05, 3.63) is 70.3 Å². The standard InChI is InChI=1S/C18H16/c1-2-12-10-15-8-6-13-4-3-5-14-7-9-16(11-12)18(15)17(13)14/h3-11,15,18H,2H2,1H3. The first-order chi connectivity index (χ1) is 8.86. The summed E-state index contributed by atoms with van der Waals surface area (Å²) in [5, 5.41) is 0. The molecule has 0 bridgehead atoms. The zero-order valence-corrected chi connectivity index (χ0v) is 10.6. The molecule has 0 aliphatic heterocycles. The summed E-state index contributed by atoms with van der Waals surface area (Å²) in [5.74, 6) is 1.11. The van der Waals surface area contributed by atoms with Gasteiger partial charge in [-0.1, -0.05) is 67.2 Å². The second-order valence-corrected chi connectivity index (χ2v) is 5.34. The second kappa shape index (κ2) is 3.58. The van der Waals surface area contributed by atoms with Gasteiger partial charge in [-0.2, -0.15) is 0 Å². The van der Waals surface area contributed by atoms with E-state index >= 15 is 0 Å². The van der Waals surface area contributed by atoms with E-state index in [9.17, 15) is 0 Å². The molecule has 0 spiro atoms. The molecule has 0 aromatic heterocycles. The van der Waals surface area contributed by atoms with E-state index in [4.69, 9.17) is 0 Å². The molecule has 2 atom stereocenters. The van der Waals surface area contributed by atoms with Gasteiger partial charge in [0.2, 0.25) is 0 Å². The van der Waals surface area contributed by atoms with Gasteiger partial charge in [0.05, 0.1) is 0 Å². The number of hydrogen-bond donors (Lipinski definition) is 0. The van der Waals surface area contributed by atoms with Crippen LogP contribution in [0.2, 0.25) is 0 Å². The third kappa shape index (κ3) is 1.26. The average Bonchev–Trinajstić information content (AvgIpc) is 2.44. The molecule has 88 valence electrons. The molecule has 0 nitrogen and oxygen atoms in total. The molecule has 0 saturated heterocycles. The van der Waals surface area contributed by atoms with Crippen molar-refractivity contribution in [1.29, 1.82) is 0 Å². The van der Waals surface area contributed by atoms with Gasteiger partial charge in [-0.05, 0) is 28.7 Å². The highest BCUT2D eigenvalue weighted by molar-refractivity contribution is 5.74. The van der Waals surface area contributed by atoms with E-state index in [0.29, 0.717) is 11.8 Å². The highest BCUT2D eigenvalue weighted by Crippen LogP contribution is 2.47. The zero-order valence-electron chi connectivity index (χ0n) is 10.6. The summed E-state index contributed by atoms with van der Waals surface area (Å²) in [6, 6.07) is 6.64. The quantitative estimate of drug-likeness (QED) is 0.657. The van der Waals surface area contributed by atoms with E-state index in [2.05, 4.69) is 61.6 Å². The molecule has 18 heavy (non-hydrogen) atoms. The van der Waals surface area contributed by atoms with Crippen LogP contribution in [0, 0.1) is 5.92 Å². The van der Waals surface area contributed by atoms with Crippen molar-refractivity contribution in [2.75, 3.05) is 0 Å². The molecule has 0 heteroatoms. The van der Waals surface area contributed by atoms with Gasteiger partial charge in [0.15, 0.2) is 0 Å². The Kier molecular flexibility index (Phi) is 2.02. The maximum Gasteiger partial charge on any atom is 0.0199 e. The first kappa shape index (κ1) is 10.1. The SMILES string of the molecule is CCC1=CC2C=Cc3cccc4c3C2C(=C1)C=C4. The van der Waals surface area contributed by atoms with Gasteiger partial charge < -0.3 is 0 Å². The Hall–Kier alpha value is -1.82. The fourth-order valence-electron chi connectivity index (χ4n) is 3.47. The minimum atomic E-state index is 0.554. The van der Waals surface area contributed by atoms with Crippen LogP contribution in [0.4, 0.5) is 0 Å². The Labute approximate surface area is 108 Å². The Bertz CT molecular complexity index is 638. The number of hydrogen-bond acceptors (Lipinski definition) is 0. The summed E-state index contributed by atoms with van der Waals surface area (Å²) in [6.07, 6.45) is 15.2. The van der Waals surface area contributed by atoms with Crippen LogP contribution >= 0.6 is 0 Å². The van der Waals surface area contributed by atoms with Crippen LogP contribution in [-0.4, -0.2) is 0 Å². The molecule has 3 aliphatic carbocycles. The summed E-state index contributed by atoms with van der Waals surface area (Å²) < 4.78 is 0. The van der Waals surface area contributed by atoms with Crippen LogP contribution in [0.5, 0.6) is 0 Å². The number of rotatable bonds is 1. The smallest absolute Gasteiger partial charge is 0.0199 e. The molecule has 0 saturated carbocycles. The Morgan fingerprint density at radius 3 is 2.72 bits per heavy atom. The van der Waals surface area contributed by atoms with Gasteiger partial charge in [0.1, 0.15) is 0 Å². The van der Waals surface area contributed by atoms with Crippen LogP contribution in [0.3, 0.4) is 0 Å². The molecule has 0 fully saturated rings. The van der Waals surface area contributed by atoms with Crippen LogP contribution in [0.15, 0.2) is 53.6 Å². The molecule has 1 aromatic carbocycles. The van der Waals surface area contributed by atoms with E-state index in [1.165, 1.54) is 27.8 Å². The Morgan fingerprint density at radius 2 is 1.89 bits per heavy atom. The second-order valence-electron chi connectivity index (χ2n) is 5.34. The molecular formula is C18H16. The molecule has 4 rings (SSSR count). The average molecular weight is 232 g/mol. The molecular weight excluding hydrogens is 216 g/mol. The maximum absolute atomic E-state index is 2.45. The molecule has 0 N–H and O–H groups in total. The van der Waals surface area contributed by atoms with Gasteiger partial charge in [0.25, 0.3) is 0 Å². The first-order valence-corrected chi connectivity index (χ1v) is 6.78. The predicted octanol–water partition coefficient (Wildman–Crippen LogP) is 4.72. The normalized spacial score (nSPS) is 26.5. The monoisotopic (exact) mass is 232 g/mol. The van der Waals surface area contributed by atoms with Crippen molar-refractivity contribution in [3.63, 3.8) is 0 Å². The molecule has 0 heterocycles. The molecule has 0 radical (unpaired) electrons. The number of benzene rings is 1. The minimum absolute atomic E-state index is 0.554. The molecule has 3 aliphatic rings. The van der Waals surface area contributed by atoms with E-state index in [1.54, 1.807) is 0 Å². The summed E-state index contributed by atoms with van der Waals surface area (Å²) in [6.45, 7) is 2.24. The van der Waals surface area contributed by atoms with Gasteiger partial charge in [-0.25, -0.2) is 0 Å². The largest absolute Gasteiger partial charge is 0.0760 e. The lowest BCUT2D eigenvalue weighted by atomic mass is 9.68. The zero-order chi connectivity index (χ0) is 12.1. The highest BCUT2D eigenvalue weighted by atomic mass is 14.4. The molecule has 1 aromatic rings. The minimum Gasteiger partial charge on any atom is -0.0760 e. The van der Waals surface area contributed by atoms with Crippen molar-refractivity contribution in [2.45, 2.75) is 19.3 Å². The first-order valence-electron chi connectivity index (χ1n) is 6.78. The van der Waals surface area contributed by atoms with E-state index < -0.39 is 0 Å². The van der Waals surface area contributed by atoms with Crippen LogP contribution in [0.25, 0.3) is 12.2 Å². The van der Waals surface area contributed by atoms with Gasteiger partial charge >= 0.3 is 0 Å². The lowest BCUT2D eigenvalue weighted by Crippen LogP contribution is -2.21. The van der Waals surface area contributed by atoms with E-state index in [0.717, 1.165) is 6.42 Å². The molecule has 2 unspecified atom stereocenters. The predicted molar refractivity (Wildman–Crippen MR) is 77.2 cm³/mol. The summed E-state index contributed by atoms with van der Waals surface area (Å²) in [4.78, 5) is 0. The maximum atomic E-state index is 2.45. The fourth-order valence-corrected chi connectivity index (χ4v) is 3.47. The Balaban J connectivity index is 1.98. The summed E-state index contributed by atoms with van der Waals surface area (Å²) >= 11 is 0. The van der Waals surface area contributed by atoms with Crippen molar-refractivity contribution < 1.29 is 0 Å². The van der Waals surface area contributed by atoms with Crippen molar-refractivity contribution in [2.24, 2.45) is 5.92 Å². The highest BCUT2D eigenvalue weighted by Gasteiger charge is 2.32. The third-order valence-corrected chi connectivity index (χ3v) is 4.35. The Morgan fingerprint density at radius 1 is 1.06 bits per heavy atom. The van der Waals surface area contributed by atoms with Crippen LogP contribution in [0.1, 0.15) is 36.0 Å². The van der Waals surface area contributed by atoms with Crippen molar-refractivity contribution in [1.82, 2.24) is 0 Å². The fraction of sp³-hybridized carbons (Fsp3) is 0.222. The van der Waals surface area contributed by atoms with Crippen LogP contribution < -0.4 is 0 Å². The van der Waals surface area contributed by atoms with Gasteiger partial charge in [-0.15, -0.1) is 0 Å². The lowest BCUT2D eigenvalue weighted by Gasteiger charge is -2.36. The van der Waals surface area contributed by atoms with Gasteiger partial charge in [0, 0.05) is 11.8 Å². The van der Waals surface area contributed by atoms with Gasteiger partial charge in [-0.3, -0.25) is 0 Å². The summed E-state index contributed by atoms with van der Waals surface area (Å²) in [7, 11) is 0. The number of allylic oxidation sites excluding steroid dienone is 6. The van der Waals surface area contributed by atoms with E-state index in [1.807, 2.05) is 0 Å².